The zero-order valence-corrected chi connectivity index (χ0v) is 18.3. The summed E-state index contributed by atoms with van der Waals surface area (Å²) in [4.78, 5) is 0. The van der Waals surface area contributed by atoms with Gasteiger partial charge in [0.05, 0.1) is 0 Å². The van der Waals surface area contributed by atoms with Gasteiger partial charge in [-0.25, -0.2) is 0 Å². The van der Waals surface area contributed by atoms with Crippen LogP contribution in [-0.4, -0.2) is 17.4 Å². The maximum absolute atomic E-state index is 0. The molecular formula is AlCl11Ti2. The smallest absolute Gasteiger partial charge is 1.00 e. The minimum Gasteiger partial charge on any atom is -1.00 e. The Balaban J connectivity index is 0. The first kappa shape index (κ1) is 238. The molecule has 0 aliphatic heterocycles. The zero-order chi connectivity index (χ0) is 0. The van der Waals surface area contributed by atoms with Crippen LogP contribution in [0.5, 0.6) is 0 Å². The molecule has 0 aromatic heterocycles. The van der Waals surface area contributed by atoms with E-state index in [-0.39, 0.29) is 197 Å². The molecule has 0 aliphatic rings. The molecule has 0 bridgehead atoms. The molecule has 14 heavy (non-hydrogen) atoms. The average molecular weight is 513 g/mol. The van der Waals surface area contributed by atoms with Crippen LogP contribution in [0.2, 0.25) is 0 Å². The molecule has 0 saturated heterocycles. The van der Waals surface area contributed by atoms with E-state index in [1.54, 1.807) is 0 Å². The molecule has 0 fully saturated rings. The van der Waals surface area contributed by atoms with Gasteiger partial charge >= 0.3 is 60.8 Å². The molecule has 0 aromatic rings. The maximum atomic E-state index is 0. The van der Waals surface area contributed by atoms with Crippen molar-refractivity contribution in [1.82, 2.24) is 0 Å². The zero-order valence-electron chi connectivity index (χ0n) is 5.73. The summed E-state index contributed by atoms with van der Waals surface area (Å²) < 4.78 is 0. The van der Waals surface area contributed by atoms with E-state index in [4.69, 9.17) is 0 Å². The van der Waals surface area contributed by atoms with Gasteiger partial charge < -0.3 is 136 Å². The molecule has 0 saturated carbocycles. The largest absolute Gasteiger partial charge is 4.00 e. The van der Waals surface area contributed by atoms with Gasteiger partial charge in [0.2, 0.25) is 0 Å². The maximum Gasteiger partial charge on any atom is 4.00 e. The molecule has 0 aromatic carbocycles. The van der Waals surface area contributed by atoms with Gasteiger partial charge in [-0.3, -0.25) is 0 Å². The second kappa shape index (κ2) is 201. The standard InChI is InChI=1S/Al.11ClH.2Ti/h;11*1H;;/q+3;;;;;;;;;;;;2*+4/p-11. The number of rotatable bonds is 0. The Morgan fingerprint density at radius 2 is 0.214 bits per heavy atom. The van der Waals surface area contributed by atoms with Gasteiger partial charge in [-0.15, -0.1) is 0 Å². The number of halogens is 11. The van der Waals surface area contributed by atoms with Crippen molar-refractivity contribution in [3.63, 3.8) is 0 Å². The third kappa shape index (κ3) is 169. The molecule has 0 amide bonds. The van der Waals surface area contributed by atoms with Crippen LogP contribution in [0.1, 0.15) is 0 Å². The quantitative estimate of drug-likeness (QED) is 0.283. The summed E-state index contributed by atoms with van der Waals surface area (Å²) in [6.45, 7) is 0. The summed E-state index contributed by atoms with van der Waals surface area (Å²) in [5.74, 6) is 0. The molecule has 0 unspecified atom stereocenters. The van der Waals surface area contributed by atoms with Gasteiger partial charge in [0, 0.05) is 0 Å². The minimum atomic E-state index is 0. The monoisotopic (exact) mass is 508 g/mol. The van der Waals surface area contributed by atoms with E-state index in [9.17, 15) is 0 Å². The predicted octanol–water partition coefficient (Wildman–Crippen LogP) is -33.3. The first-order chi connectivity index (χ1) is 0. The van der Waals surface area contributed by atoms with Crippen molar-refractivity contribution in [2.24, 2.45) is 0 Å². The number of hydrogen-bond donors (Lipinski definition) is 0. The van der Waals surface area contributed by atoms with Crippen molar-refractivity contribution in [2.75, 3.05) is 0 Å². The summed E-state index contributed by atoms with van der Waals surface area (Å²) in [6, 6.07) is 0. The Labute approximate surface area is 194 Å². The van der Waals surface area contributed by atoms with Crippen LogP contribution in [0.25, 0.3) is 0 Å². The third-order valence-corrected chi connectivity index (χ3v) is 0. The summed E-state index contributed by atoms with van der Waals surface area (Å²) >= 11 is 0. The summed E-state index contributed by atoms with van der Waals surface area (Å²) in [5, 5.41) is 0. The van der Waals surface area contributed by atoms with Crippen molar-refractivity contribution < 1.29 is 180 Å². The molecule has 0 N–H and O–H groups in total. The van der Waals surface area contributed by atoms with E-state index in [2.05, 4.69) is 0 Å². The van der Waals surface area contributed by atoms with E-state index >= 15 is 0 Å². The molecule has 0 radical (unpaired) electrons. The van der Waals surface area contributed by atoms with Crippen LogP contribution in [0.15, 0.2) is 0 Å². The molecule has 0 heterocycles. The molecular weight excluding hydrogens is 513 g/mol. The fourth-order valence-corrected chi connectivity index (χ4v) is 0. The van der Waals surface area contributed by atoms with E-state index < -0.39 is 0 Å². The van der Waals surface area contributed by atoms with Gasteiger partial charge in [-0.05, 0) is 0 Å². The van der Waals surface area contributed by atoms with Crippen LogP contribution < -0.4 is 136 Å². The molecule has 0 atom stereocenters. The normalized spacial score (nSPS) is 0. The van der Waals surface area contributed by atoms with E-state index in [0.29, 0.717) is 0 Å². The van der Waals surface area contributed by atoms with E-state index in [0.717, 1.165) is 0 Å². The molecule has 0 rings (SSSR count). The second-order valence-corrected chi connectivity index (χ2v) is 0. The topological polar surface area (TPSA) is 0 Å². The van der Waals surface area contributed by atoms with E-state index in [1.807, 2.05) is 0 Å². The molecule has 0 spiro atoms. The van der Waals surface area contributed by atoms with Crippen molar-refractivity contribution >= 4 is 17.4 Å². The van der Waals surface area contributed by atoms with Gasteiger partial charge in [0.1, 0.15) is 0 Å². The van der Waals surface area contributed by atoms with Crippen LogP contribution >= 0.6 is 0 Å². The Hall–Kier alpha value is 5.15. The fourth-order valence-electron chi connectivity index (χ4n) is 0. The summed E-state index contributed by atoms with van der Waals surface area (Å²) in [6.07, 6.45) is 0. The Morgan fingerprint density at radius 3 is 0.214 bits per heavy atom. The van der Waals surface area contributed by atoms with Crippen molar-refractivity contribution in [3.8, 4) is 0 Å². The second-order valence-electron chi connectivity index (χ2n) is 0. The van der Waals surface area contributed by atoms with Gasteiger partial charge in [-0.2, -0.15) is 0 Å². The van der Waals surface area contributed by atoms with Crippen LogP contribution in [-0.2, 0) is 43.4 Å². The Bertz CT molecular complexity index is 13.2. The average Bonchev–Trinajstić information content (AvgIpc) is 0. The Morgan fingerprint density at radius 1 is 0.214 bits per heavy atom. The SMILES string of the molecule is [Al+3].[Cl-].[Cl-].[Cl-].[Cl-].[Cl-].[Cl-].[Cl-].[Cl-].[Cl-].[Cl-].[Cl-].[Ti+4].[Ti+4]. The minimum absolute atomic E-state index is 0. The van der Waals surface area contributed by atoms with Crippen LogP contribution in [0, 0.1) is 0 Å². The summed E-state index contributed by atoms with van der Waals surface area (Å²) in [7, 11) is 0. The molecule has 0 aliphatic carbocycles. The Kier molecular flexibility index (Phi) is 3420. The van der Waals surface area contributed by atoms with Gasteiger partial charge in [0.15, 0.2) is 0 Å². The van der Waals surface area contributed by atoms with Crippen molar-refractivity contribution in [1.29, 1.82) is 0 Å². The van der Waals surface area contributed by atoms with Crippen molar-refractivity contribution in [2.45, 2.75) is 0 Å². The molecule has 14 heteroatoms. The fraction of sp³-hybridized carbons (Fsp3) is 0. The van der Waals surface area contributed by atoms with Gasteiger partial charge in [-0.1, -0.05) is 0 Å². The van der Waals surface area contributed by atoms with Crippen molar-refractivity contribution in [3.05, 3.63) is 0 Å². The first-order valence-electron chi connectivity index (χ1n) is 0. The number of hydrogen-bond acceptors (Lipinski definition) is 0. The predicted molar refractivity (Wildman–Crippen MR) is 5.75 cm³/mol. The summed E-state index contributed by atoms with van der Waals surface area (Å²) in [5.41, 5.74) is 0. The molecule has 88 valence electrons. The van der Waals surface area contributed by atoms with E-state index in [1.165, 1.54) is 0 Å². The van der Waals surface area contributed by atoms with Crippen LogP contribution in [0.4, 0.5) is 0 Å². The third-order valence-electron chi connectivity index (χ3n) is 0. The molecule has 0 nitrogen and oxygen atoms in total. The van der Waals surface area contributed by atoms with Crippen LogP contribution in [0.3, 0.4) is 0 Å². The first-order valence-corrected chi connectivity index (χ1v) is 0. The van der Waals surface area contributed by atoms with Gasteiger partial charge in [0.25, 0.3) is 0 Å².